The fourth-order valence-corrected chi connectivity index (χ4v) is 4.01. The lowest BCUT2D eigenvalue weighted by atomic mass is 9.88. The van der Waals surface area contributed by atoms with Gasteiger partial charge in [0.25, 0.3) is 5.91 Å². The average molecular weight is 392 g/mol. The Balaban J connectivity index is 1.58. The van der Waals surface area contributed by atoms with Crippen LogP contribution >= 0.6 is 0 Å². The van der Waals surface area contributed by atoms with Crippen molar-refractivity contribution in [1.82, 2.24) is 10.2 Å². The third-order valence-electron chi connectivity index (χ3n) is 5.43. The maximum atomic E-state index is 13.4. The number of carbonyl (C=O) groups excluding carboxylic acids is 2. The first-order valence-corrected chi connectivity index (χ1v) is 9.56. The molecule has 2 atom stereocenters. The summed E-state index contributed by atoms with van der Waals surface area (Å²) in [6.07, 6.45) is 0. The van der Waals surface area contributed by atoms with Crippen molar-refractivity contribution in [2.45, 2.75) is 19.0 Å². The zero-order chi connectivity index (χ0) is 20.6. The summed E-state index contributed by atoms with van der Waals surface area (Å²) in [5, 5.41) is 4.83. The molecule has 0 aliphatic carbocycles. The Morgan fingerprint density at radius 3 is 2.55 bits per heavy atom. The number of quaternary nitrogens is 1. The van der Waals surface area contributed by atoms with E-state index >= 15 is 0 Å². The van der Waals surface area contributed by atoms with E-state index in [1.165, 1.54) is 17.0 Å². The van der Waals surface area contributed by atoms with Crippen LogP contribution in [0.1, 0.15) is 18.1 Å². The summed E-state index contributed by atoms with van der Waals surface area (Å²) in [6.45, 7) is 2.44. The van der Waals surface area contributed by atoms with Crippen molar-refractivity contribution in [2.75, 3.05) is 13.7 Å². The first-order chi connectivity index (χ1) is 13.9. The molecule has 4 rings (SSSR count). The number of imide groups is 1. The van der Waals surface area contributed by atoms with Crippen molar-refractivity contribution >= 4 is 22.7 Å². The molecular formula is C23H23FN3O2+. The highest BCUT2D eigenvalue weighted by Crippen LogP contribution is 2.33. The van der Waals surface area contributed by atoms with Gasteiger partial charge in [0, 0.05) is 5.56 Å². The number of amides is 3. The van der Waals surface area contributed by atoms with Gasteiger partial charge in [-0.15, -0.1) is 0 Å². The van der Waals surface area contributed by atoms with Crippen LogP contribution < -0.4 is 10.2 Å². The number of hydrogen-bond donors (Lipinski definition) is 2. The number of rotatable bonds is 5. The lowest BCUT2D eigenvalue weighted by Crippen LogP contribution is -3.09. The molecule has 0 saturated carbocycles. The fourth-order valence-electron chi connectivity index (χ4n) is 4.01. The summed E-state index contributed by atoms with van der Waals surface area (Å²) in [5.74, 6) is -0.578. The molecule has 0 aromatic heterocycles. The van der Waals surface area contributed by atoms with Gasteiger partial charge in [-0.25, -0.2) is 14.1 Å². The average Bonchev–Trinajstić information content (AvgIpc) is 2.91. The SMILES string of the molecule is C[NH+](Cc1cccc(F)c1)CN1C(=O)N[C@@](C)(c2cccc3ccccc23)C1=O. The van der Waals surface area contributed by atoms with Crippen LogP contribution in [0.5, 0.6) is 0 Å². The van der Waals surface area contributed by atoms with E-state index in [-0.39, 0.29) is 18.4 Å². The van der Waals surface area contributed by atoms with Crippen LogP contribution in [0.2, 0.25) is 0 Å². The van der Waals surface area contributed by atoms with Gasteiger partial charge < -0.3 is 10.2 Å². The highest BCUT2D eigenvalue weighted by Gasteiger charge is 2.50. The second-order valence-corrected chi connectivity index (χ2v) is 7.74. The molecule has 1 aliphatic rings. The van der Waals surface area contributed by atoms with Gasteiger partial charge in [-0.1, -0.05) is 54.6 Å². The van der Waals surface area contributed by atoms with E-state index in [9.17, 15) is 14.0 Å². The molecule has 3 aromatic rings. The molecule has 1 aliphatic heterocycles. The molecule has 2 N–H and O–H groups in total. The number of fused-ring (bicyclic) bond motifs is 1. The summed E-state index contributed by atoms with van der Waals surface area (Å²) in [7, 11) is 1.87. The van der Waals surface area contributed by atoms with Crippen molar-refractivity contribution in [2.24, 2.45) is 0 Å². The zero-order valence-electron chi connectivity index (χ0n) is 16.4. The maximum Gasteiger partial charge on any atom is 0.329 e. The maximum absolute atomic E-state index is 13.4. The van der Waals surface area contributed by atoms with E-state index in [1.807, 2.05) is 55.6 Å². The van der Waals surface area contributed by atoms with Gasteiger partial charge in [0.05, 0.1) is 7.05 Å². The second kappa shape index (κ2) is 7.29. The van der Waals surface area contributed by atoms with Gasteiger partial charge in [-0.2, -0.15) is 0 Å². The minimum atomic E-state index is -1.13. The first-order valence-electron chi connectivity index (χ1n) is 9.56. The molecule has 0 spiro atoms. The van der Waals surface area contributed by atoms with E-state index in [0.717, 1.165) is 26.8 Å². The van der Waals surface area contributed by atoms with Crippen molar-refractivity contribution in [3.63, 3.8) is 0 Å². The minimum absolute atomic E-state index is 0.196. The Kier molecular flexibility index (Phi) is 4.80. The molecule has 3 aromatic carbocycles. The molecule has 5 nitrogen and oxygen atoms in total. The second-order valence-electron chi connectivity index (χ2n) is 7.74. The molecule has 1 heterocycles. The quantitative estimate of drug-likeness (QED) is 0.656. The van der Waals surface area contributed by atoms with Gasteiger partial charge >= 0.3 is 6.03 Å². The van der Waals surface area contributed by atoms with E-state index in [2.05, 4.69) is 5.32 Å². The highest BCUT2D eigenvalue weighted by atomic mass is 19.1. The van der Waals surface area contributed by atoms with Gasteiger partial charge in [-0.3, -0.25) is 4.79 Å². The molecular weight excluding hydrogens is 369 g/mol. The van der Waals surface area contributed by atoms with Crippen LogP contribution in [0.4, 0.5) is 9.18 Å². The van der Waals surface area contributed by atoms with Gasteiger partial charge in [0.1, 0.15) is 17.9 Å². The van der Waals surface area contributed by atoms with Crippen LogP contribution in [0.15, 0.2) is 66.7 Å². The fraction of sp³-hybridized carbons (Fsp3) is 0.217. The Labute approximate surface area is 168 Å². The standard InChI is InChI=1S/C23H22FN3O2/c1-23(20-12-6-9-17-8-3-4-11-19(17)20)21(28)27(22(29)25-23)15-26(2)14-16-7-5-10-18(24)13-16/h3-13H,14-15H2,1-2H3,(H,25,29)/p+1/t23-/m0/s1. The Bertz CT molecular complexity index is 1090. The number of hydrogen-bond acceptors (Lipinski definition) is 2. The number of urea groups is 1. The highest BCUT2D eigenvalue weighted by molar-refractivity contribution is 6.09. The smallest absolute Gasteiger partial charge is 0.319 e. The van der Waals surface area contributed by atoms with E-state index in [1.54, 1.807) is 13.0 Å². The first kappa shape index (κ1) is 19.1. The van der Waals surface area contributed by atoms with Crippen molar-refractivity contribution in [3.8, 4) is 0 Å². The molecule has 6 heteroatoms. The number of nitrogens with zero attached hydrogens (tertiary/aromatic N) is 1. The number of halogens is 1. The summed E-state index contributed by atoms with van der Waals surface area (Å²) in [5.41, 5.74) is 0.461. The topological polar surface area (TPSA) is 53.9 Å². The van der Waals surface area contributed by atoms with Gasteiger partial charge in [0.15, 0.2) is 6.67 Å². The van der Waals surface area contributed by atoms with Crippen molar-refractivity contribution in [1.29, 1.82) is 0 Å². The monoisotopic (exact) mass is 392 g/mol. The lowest BCUT2D eigenvalue weighted by Gasteiger charge is -2.24. The molecule has 29 heavy (non-hydrogen) atoms. The molecule has 3 amide bonds. The van der Waals surface area contributed by atoms with Gasteiger partial charge in [0.2, 0.25) is 0 Å². The molecule has 0 bridgehead atoms. The largest absolute Gasteiger partial charge is 0.329 e. The van der Waals surface area contributed by atoms with Crippen LogP contribution in [0.3, 0.4) is 0 Å². The predicted molar refractivity (Wildman–Crippen MR) is 109 cm³/mol. The summed E-state index contributed by atoms with van der Waals surface area (Å²) < 4.78 is 13.4. The molecule has 148 valence electrons. The molecule has 1 unspecified atom stereocenters. The Morgan fingerprint density at radius 1 is 1.03 bits per heavy atom. The normalized spacial score (nSPS) is 20.2. The van der Waals surface area contributed by atoms with Crippen molar-refractivity contribution < 1.29 is 18.9 Å². The van der Waals surface area contributed by atoms with Crippen LogP contribution in [0, 0.1) is 5.82 Å². The van der Waals surface area contributed by atoms with Crippen LogP contribution in [-0.2, 0) is 16.9 Å². The summed E-state index contributed by atoms with van der Waals surface area (Å²) in [6, 6.07) is 19.5. The Hall–Kier alpha value is -3.25. The predicted octanol–water partition coefficient (Wildman–Crippen LogP) is 2.42. The van der Waals surface area contributed by atoms with Crippen molar-refractivity contribution in [3.05, 3.63) is 83.7 Å². The van der Waals surface area contributed by atoms with E-state index in [0.29, 0.717) is 6.54 Å². The number of nitrogens with one attached hydrogen (secondary N) is 2. The van der Waals surface area contributed by atoms with E-state index in [4.69, 9.17) is 0 Å². The molecule has 1 saturated heterocycles. The number of carbonyl (C=O) groups is 2. The third kappa shape index (κ3) is 3.47. The summed E-state index contributed by atoms with van der Waals surface area (Å²) >= 11 is 0. The zero-order valence-corrected chi connectivity index (χ0v) is 16.4. The Morgan fingerprint density at radius 2 is 1.76 bits per heavy atom. The third-order valence-corrected chi connectivity index (χ3v) is 5.43. The van der Waals surface area contributed by atoms with Crippen LogP contribution in [0.25, 0.3) is 10.8 Å². The molecule has 0 radical (unpaired) electrons. The van der Waals surface area contributed by atoms with E-state index < -0.39 is 11.6 Å². The number of benzene rings is 3. The minimum Gasteiger partial charge on any atom is -0.319 e. The lowest BCUT2D eigenvalue weighted by molar-refractivity contribution is -0.901. The van der Waals surface area contributed by atoms with Gasteiger partial charge in [-0.05, 0) is 35.4 Å². The van der Waals surface area contributed by atoms with Crippen LogP contribution in [-0.4, -0.2) is 30.6 Å². The summed E-state index contributed by atoms with van der Waals surface area (Å²) in [4.78, 5) is 28.1. The molecule has 1 fully saturated rings.